The topological polar surface area (TPSA) is 0 Å². The molecule has 0 nitrogen and oxygen atoms in total. The number of hydrogen-bond donors (Lipinski definition) is 0. The van der Waals surface area contributed by atoms with Gasteiger partial charge in [-0.3, -0.25) is 0 Å². The molecule has 3 heteroatoms. The quantitative estimate of drug-likeness (QED) is 0.207. The molecule has 0 saturated heterocycles. The first-order valence-corrected chi connectivity index (χ1v) is 13.5. The van der Waals surface area contributed by atoms with Crippen molar-refractivity contribution in [3.8, 4) is 22.3 Å². The smallest absolute Gasteiger partial charge is 0.166 e. The summed E-state index contributed by atoms with van der Waals surface area (Å²) in [7, 11) is 0. The molecule has 0 spiro atoms. The average Bonchev–Trinajstić information content (AvgIpc) is 2.90. The van der Waals surface area contributed by atoms with Crippen LogP contribution in [0.15, 0.2) is 66.7 Å². The Morgan fingerprint density at radius 3 is 2.08 bits per heavy atom. The van der Waals surface area contributed by atoms with Crippen molar-refractivity contribution in [3.05, 3.63) is 95.3 Å². The summed E-state index contributed by atoms with van der Waals surface area (Å²) in [6.07, 6.45) is 14.0. The Morgan fingerprint density at radius 1 is 0.778 bits per heavy atom. The van der Waals surface area contributed by atoms with Crippen molar-refractivity contribution in [2.24, 2.45) is 5.92 Å². The van der Waals surface area contributed by atoms with Gasteiger partial charge in [-0.15, -0.1) is 0 Å². The third kappa shape index (κ3) is 6.11. The minimum atomic E-state index is -0.847. The third-order valence-electron chi connectivity index (χ3n) is 7.77. The van der Waals surface area contributed by atoms with E-state index < -0.39 is 11.6 Å². The zero-order chi connectivity index (χ0) is 25.5. The summed E-state index contributed by atoms with van der Waals surface area (Å²) in [4.78, 5) is 0. The van der Waals surface area contributed by atoms with Crippen LogP contribution in [0.1, 0.15) is 82.3 Å². The molecule has 0 atom stereocenters. The minimum absolute atomic E-state index is 0.212. The van der Waals surface area contributed by atoms with Crippen molar-refractivity contribution >= 4 is 0 Å². The van der Waals surface area contributed by atoms with Gasteiger partial charge >= 0.3 is 0 Å². The van der Waals surface area contributed by atoms with Crippen molar-refractivity contribution in [3.63, 3.8) is 0 Å². The van der Waals surface area contributed by atoms with E-state index in [1.807, 2.05) is 19.1 Å². The molecule has 190 valence electrons. The van der Waals surface area contributed by atoms with Gasteiger partial charge in [0.2, 0.25) is 0 Å². The molecule has 0 N–H and O–H groups in total. The number of rotatable bonds is 9. The summed E-state index contributed by atoms with van der Waals surface area (Å²) >= 11 is 0. The number of benzene rings is 3. The highest BCUT2D eigenvalue weighted by Crippen LogP contribution is 2.39. The molecule has 0 bridgehead atoms. The van der Waals surface area contributed by atoms with Gasteiger partial charge in [0.25, 0.3) is 0 Å². The summed E-state index contributed by atoms with van der Waals surface area (Å²) in [6, 6.07) is 15.9. The largest absolute Gasteiger partial charge is 0.206 e. The van der Waals surface area contributed by atoms with Crippen LogP contribution in [0.5, 0.6) is 0 Å². The maximum Gasteiger partial charge on any atom is 0.166 e. The lowest BCUT2D eigenvalue weighted by atomic mass is 9.77. The van der Waals surface area contributed by atoms with Crippen molar-refractivity contribution in [1.29, 1.82) is 0 Å². The Labute approximate surface area is 214 Å². The van der Waals surface area contributed by atoms with Gasteiger partial charge < -0.3 is 0 Å². The molecule has 0 heterocycles. The number of unbranched alkanes of at least 4 members (excludes halogenated alkanes) is 2. The molecule has 0 aliphatic heterocycles. The van der Waals surface area contributed by atoms with Crippen LogP contribution in [0.3, 0.4) is 0 Å². The average molecular weight is 491 g/mol. The fraction of sp³-hybridized carbons (Fsp3) is 0.394. The highest BCUT2D eigenvalue weighted by Gasteiger charge is 2.23. The van der Waals surface area contributed by atoms with Gasteiger partial charge in [0.1, 0.15) is 5.82 Å². The predicted molar refractivity (Wildman–Crippen MR) is 145 cm³/mol. The van der Waals surface area contributed by atoms with E-state index in [0.29, 0.717) is 29.0 Å². The molecule has 3 aromatic rings. The number of halogens is 3. The molecular formula is C33H37F3. The van der Waals surface area contributed by atoms with Crippen LogP contribution < -0.4 is 0 Å². The molecule has 0 unspecified atom stereocenters. The third-order valence-corrected chi connectivity index (χ3v) is 7.77. The summed E-state index contributed by atoms with van der Waals surface area (Å²) in [5.41, 5.74) is 3.47. The highest BCUT2D eigenvalue weighted by atomic mass is 19.2. The van der Waals surface area contributed by atoms with Gasteiger partial charge in [-0.05, 0) is 79.2 Å². The van der Waals surface area contributed by atoms with E-state index in [2.05, 4.69) is 13.0 Å². The Morgan fingerprint density at radius 2 is 1.44 bits per heavy atom. The Balaban J connectivity index is 1.45. The van der Waals surface area contributed by atoms with Gasteiger partial charge in [-0.1, -0.05) is 93.3 Å². The molecule has 4 rings (SSSR count). The molecular weight excluding hydrogens is 453 g/mol. The zero-order valence-corrected chi connectivity index (χ0v) is 21.5. The van der Waals surface area contributed by atoms with Crippen LogP contribution >= 0.6 is 0 Å². The van der Waals surface area contributed by atoms with Gasteiger partial charge in [0, 0.05) is 11.1 Å². The maximum absolute atomic E-state index is 15.1. The lowest BCUT2D eigenvalue weighted by Gasteiger charge is -2.29. The Bertz CT molecular complexity index is 1170. The summed E-state index contributed by atoms with van der Waals surface area (Å²) in [5, 5.41) is 0. The Hall–Kier alpha value is -2.81. The summed E-state index contributed by atoms with van der Waals surface area (Å²) in [6.45, 7) is 4.09. The van der Waals surface area contributed by atoms with Crippen molar-refractivity contribution < 1.29 is 13.2 Å². The van der Waals surface area contributed by atoms with Crippen LogP contribution in [0.25, 0.3) is 22.3 Å². The summed E-state index contributed by atoms with van der Waals surface area (Å²) < 4.78 is 44.4. The van der Waals surface area contributed by atoms with Gasteiger partial charge in [-0.2, -0.15) is 0 Å². The molecule has 1 aliphatic rings. The van der Waals surface area contributed by atoms with Gasteiger partial charge in [0.05, 0.1) is 0 Å². The van der Waals surface area contributed by atoms with E-state index in [1.165, 1.54) is 38.5 Å². The normalized spacial score (nSPS) is 18.1. The van der Waals surface area contributed by atoms with Crippen LogP contribution in [-0.4, -0.2) is 0 Å². The van der Waals surface area contributed by atoms with E-state index in [-0.39, 0.29) is 11.4 Å². The fourth-order valence-electron chi connectivity index (χ4n) is 5.53. The van der Waals surface area contributed by atoms with Crippen LogP contribution in [0.2, 0.25) is 0 Å². The second-order valence-electron chi connectivity index (χ2n) is 10.2. The van der Waals surface area contributed by atoms with Crippen molar-refractivity contribution in [2.75, 3.05) is 0 Å². The maximum atomic E-state index is 15.1. The van der Waals surface area contributed by atoms with E-state index in [9.17, 15) is 8.78 Å². The van der Waals surface area contributed by atoms with Crippen molar-refractivity contribution in [1.82, 2.24) is 0 Å². The zero-order valence-electron chi connectivity index (χ0n) is 21.5. The van der Waals surface area contributed by atoms with E-state index in [0.717, 1.165) is 29.9 Å². The second-order valence-corrected chi connectivity index (χ2v) is 10.2. The van der Waals surface area contributed by atoms with Gasteiger partial charge in [-0.25, -0.2) is 13.2 Å². The fourth-order valence-corrected chi connectivity index (χ4v) is 5.53. The van der Waals surface area contributed by atoms with E-state index >= 15 is 4.39 Å². The molecule has 3 aromatic carbocycles. The van der Waals surface area contributed by atoms with Crippen LogP contribution in [0.4, 0.5) is 13.2 Å². The Kier molecular flexibility index (Phi) is 9.07. The van der Waals surface area contributed by atoms with Crippen molar-refractivity contribution in [2.45, 2.75) is 77.6 Å². The molecule has 0 aromatic heterocycles. The van der Waals surface area contributed by atoms with E-state index in [4.69, 9.17) is 0 Å². The SMILES string of the molecule is CC=CCc1ccc(-c2ccc(-c3ccc(C4CCC(CCCCC)CC4)cc3F)cc2)c(F)c1F. The predicted octanol–water partition coefficient (Wildman–Crippen LogP) is 10.4. The summed E-state index contributed by atoms with van der Waals surface area (Å²) in [5.74, 6) is -0.618. The number of hydrogen-bond acceptors (Lipinski definition) is 0. The lowest BCUT2D eigenvalue weighted by molar-refractivity contribution is 0.302. The van der Waals surface area contributed by atoms with Crippen LogP contribution in [0, 0.1) is 23.4 Å². The monoisotopic (exact) mass is 490 g/mol. The molecule has 1 fully saturated rings. The van der Waals surface area contributed by atoms with Gasteiger partial charge in [0.15, 0.2) is 11.6 Å². The first-order valence-electron chi connectivity index (χ1n) is 13.5. The number of allylic oxidation sites excluding steroid dienone is 2. The first kappa shape index (κ1) is 26.3. The standard InChI is InChI=1S/C33H37F3/c1-3-5-7-8-23-10-12-24(13-11-23)28-19-20-29(31(34)22-28)25-14-16-26(17-15-25)30-21-18-27(9-6-4-2)32(35)33(30)36/h4,6,14-24H,3,5,7-13H2,1-2H3. The van der Waals surface area contributed by atoms with E-state index in [1.54, 1.807) is 48.5 Å². The molecule has 0 radical (unpaired) electrons. The highest BCUT2D eigenvalue weighted by molar-refractivity contribution is 5.71. The first-order chi connectivity index (χ1) is 17.5. The molecule has 1 saturated carbocycles. The lowest BCUT2D eigenvalue weighted by Crippen LogP contribution is -2.13. The minimum Gasteiger partial charge on any atom is -0.206 e. The second kappa shape index (κ2) is 12.4. The molecule has 36 heavy (non-hydrogen) atoms. The molecule has 0 amide bonds. The molecule has 1 aliphatic carbocycles. The van der Waals surface area contributed by atoms with Crippen LogP contribution in [-0.2, 0) is 6.42 Å².